The van der Waals surface area contributed by atoms with Gasteiger partial charge >= 0.3 is 0 Å². The van der Waals surface area contributed by atoms with Crippen molar-refractivity contribution in [2.24, 2.45) is 5.73 Å². The molecule has 1 aromatic heterocycles. The van der Waals surface area contributed by atoms with Gasteiger partial charge in [-0.15, -0.1) is 10.2 Å². The first-order chi connectivity index (χ1) is 8.60. The number of nitrogens with two attached hydrogens (primary N) is 1. The monoisotopic (exact) mass is 267 g/mol. The number of halogens is 1. The van der Waals surface area contributed by atoms with Gasteiger partial charge in [-0.3, -0.25) is 0 Å². The molecule has 1 aromatic carbocycles. The molecule has 2 N–H and O–H groups in total. The van der Waals surface area contributed by atoms with Crippen molar-refractivity contribution in [3.8, 4) is 16.3 Å². The van der Waals surface area contributed by atoms with Gasteiger partial charge in [-0.05, 0) is 32.0 Å². The Labute approximate surface area is 109 Å². The van der Waals surface area contributed by atoms with E-state index in [-0.39, 0.29) is 11.9 Å². The first kappa shape index (κ1) is 12.9. The molecule has 0 unspecified atom stereocenters. The Kier molecular flexibility index (Phi) is 3.88. The lowest BCUT2D eigenvalue weighted by atomic mass is 10.2. The highest BCUT2D eigenvalue weighted by Gasteiger charge is 2.10. The Balaban J connectivity index is 2.28. The molecule has 0 amide bonds. The van der Waals surface area contributed by atoms with E-state index in [4.69, 9.17) is 10.5 Å². The lowest BCUT2D eigenvalue weighted by molar-refractivity contribution is 0.231. The Bertz CT molecular complexity index is 542. The highest BCUT2D eigenvalue weighted by atomic mass is 32.1. The van der Waals surface area contributed by atoms with E-state index in [1.807, 2.05) is 13.8 Å². The second-order valence-electron chi connectivity index (χ2n) is 4.02. The van der Waals surface area contributed by atoms with Crippen LogP contribution in [0.2, 0.25) is 0 Å². The maximum absolute atomic E-state index is 13.8. The Morgan fingerprint density at radius 1 is 1.39 bits per heavy atom. The zero-order valence-corrected chi connectivity index (χ0v) is 11.0. The largest absolute Gasteiger partial charge is 0.488 e. The maximum atomic E-state index is 13.8. The molecular weight excluding hydrogens is 253 g/mol. The molecule has 0 aliphatic heterocycles. The van der Waals surface area contributed by atoms with Gasteiger partial charge in [0.1, 0.15) is 10.0 Å². The second kappa shape index (κ2) is 5.41. The summed E-state index contributed by atoms with van der Waals surface area (Å²) in [7, 11) is 0. The van der Waals surface area contributed by atoms with Crippen LogP contribution in [-0.2, 0) is 6.54 Å². The molecule has 0 saturated carbocycles. The number of benzene rings is 1. The van der Waals surface area contributed by atoms with Crippen LogP contribution in [0.1, 0.15) is 18.9 Å². The smallest absolute Gasteiger partial charge is 0.165 e. The fourth-order valence-corrected chi connectivity index (χ4v) is 2.15. The van der Waals surface area contributed by atoms with Crippen molar-refractivity contribution in [2.75, 3.05) is 0 Å². The van der Waals surface area contributed by atoms with Crippen molar-refractivity contribution in [1.29, 1.82) is 0 Å². The fraction of sp³-hybridized carbons (Fsp3) is 0.333. The minimum atomic E-state index is -0.398. The molecule has 2 rings (SSSR count). The summed E-state index contributed by atoms with van der Waals surface area (Å²) >= 11 is 1.36. The van der Waals surface area contributed by atoms with Gasteiger partial charge < -0.3 is 10.5 Å². The van der Waals surface area contributed by atoms with Crippen LogP contribution >= 0.6 is 11.3 Å². The average Bonchev–Trinajstić information content (AvgIpc) is 2.80. The molecule has 6 heteroatoms. The van der Waals surface area contributed by atoms with E-state index in [0.29, 0.717) is 17.1 Å². The van der Waals surface area contributed by atoms with E-state index in [1.165, 1.54) is 17.4 Å². The lowest BCUT2D eigenvalue weighted by Crippen LogP contribution is -2.06. The summed E-state index contributed by atoms with van der Waals surface area (Å²) in [4.78, 5) is 0. The first-order valence-corrected chi connectivity index (χ1v) is 6.41. The second-order valence-corrected chi connectivity index (χ2v) is 5.08. The van der Waals surface area contributed by atoms with Crippen LogP contribution in [0.5, 0.6) is 5.75 Å². The molecule has 0 spiro atoms. The van der Waals surface area contributed by atoms with Crippen molar-refractivity contribution >= 4 is 11.3 Å². The molecule has 0 saturated heterocycles. The molecule has 0 atom stereocenters. The quantitative estimate of drug-likeness (QED) is 0.925. The number of nitrogens with zero attached hydrogens (tertiary/aromatic N) is 2. The molecule has 0 fully saturated rings. The fourth-order valence-electron chi connectivity index (χ4n) is 1.44. The summed E-state index contributed by atoms with van der Waals surface area (Å²) in [5, 5.41) is 9.26. The highest BCUT2D eigenvalue weighted by Crippen LogP contribution is 2.28. The van der Waals surface area contributed by atoms with Crippen LogP contribution in [0, 0.1) is 5.82 Å². The molecule has 96 valence electrons. The lowest BCUT2D eigenvalue weighted by Gasteiger charge is -2.10. The van der Waals surface area contributed by atoms with E-state index in [2.05, 4.69) is 10.2 Å². The summed E-state index contributed by atoms with van der Waals surface area (Å²) in [5.41, 5.74) is 6.15. The van der Waals surface area contributed by atoms with Gasteiger partial charge in [0.25, 0.3) is 0 Å². The Hall–Kier alpha value is -1.53. The summed E-state index contributed by atoms with van der Waals surface area (Å²) in [6, 6.07) is 4.77. The van der Waals surface area contributed by atoms with Gasteiger partial charge in [-0.2, -0.15) is 0 Å². The van der Waals surface area contributed by atoms with Crippen molar-refractivity contribution in [1.82, 2.24) is 10.2 Å². The van der Waals surface area contributed by atoms with E-state index in [1.54, 1.807) is 12.1 Å². The van der Waals surface area contributed by atoms with Gasteiger partial charge in [0.15, 0.2) is 11.6 Å². The van der Waals surface area contributed by atoms with Gasteiger partial charge in [-0.25, -0.2) is 4.39 Å². The van der Waals surface area contributed by atoms with Crippen molar-refractivity contribution in [2.45, 2.75) is 26.5 Å². The number of rotatable bonds is 4. The topological polar surface area (TPSA) is 61.0 Å². The summed E-state index contributed by atoms with van der Waals surface area (Å²) in [6.45, 7) is 4.05. The third kappa shape index (κ3) is 2.83. The Morgan fingerprint density at radius 3 is 2.72 bits per heavy atom. The summed E-state index contributed by atoms with van der Waals surface area (Å²) < 4.78 is 19.1. The molecule has 0 bridgehead atoms. The molecule has 18 heavy (non-hydrogen) atoms. The molecular formula is C12H14FN3OS. The number of hydrogen-bond acceptors (Lipinski definition) is 5. The highest BCUT2D eigenvalue weighted by molar-refractivity contribution is 7.14. The minimum Gasteiger partial charge on any atom is -0.488 e. The molecule has 0 aliphatic rings. The van der Waals surface area contributed by atoms with Crippen molar-refractivity contribution in [3.05, 3.63) is 29.0 Å². The van der Waals surface area contributed by atoms with Crippen LogP contribution < -0.4 is 10.5 Å². The third-order valence-electron chi connectivity index (χ3n) is 2.18. The molecule has 2 aromatic rings. The number of ether oxygens (including phenoxy) is 1. The zero-order chi connectivity index (χ0) is 13.1. The van der Waals surface area contributed by atoms with Crippen LogP contribution in [0.15, 0.2) is 18.2 Å². The predicted molar refractivity (Wildman–Crippen MR) is 69.0 cm³/mol. The van der Waals surface area contributed by atoms with E-state index in [9.17, 15) is 4.39 Å². The number of hydrogen-bond donors (Lipinski definition) is 1. The first-order valence-electron chi connectivity index (χ1n) is 5.59. The normalized spacial score (nSPS) is 10.9. The van der Waals surface area contributed by atoms with Gasteiger partial charge in [0, 0.05) is 12.1 Å². The third-order valence-corrected chi connectivity index (χ3v) is 3.18. The van der Waals surface area contributed by atoms with Crippen LogP contribution in [-0.4, -0.2) is 16.3 Å². The van der Waals surface area contributed by atoms with Gasteiger partial charge in [0.05, 0.1) is 6.10 Å². The number of aromatic nitrogens is 2. The standard InChI is InChI=1S/C12H14FN3OS/c1-7(2)17-10-4-3-8(5-9(10)13)12-16-15-11(6-14)18-12/h3-5,7H,6,14H2,1-2H3. The average molecular weight is 267 g/mol. The van der Waals surface area contributed by atoms with Crippen LogP contribution in [0.4, 0.5) is 4.39 Å². The zero-order valence-electron chi connectivity index (χ0n) is 10.2. The van der Waals surface area contributed by atoms with Crippen molar-refractivity contribution in [3.63, 3.8) is 0 Å². The summed E-state index contributed by atoms with van der Waals surface area (Å²) in [6.07, 6.45) is -0.0595. The molecule has 4 nitrogen and oxygen atoms in total. The maximum Gasteiger partial charge on any atom is 0.165 e. The van der Waals surface area contributed by atoms with Gasteiger partial charge in [-0.1, -0.05) is 11.3 Å². The molecule has 1 heterocycles. The summed E-state index contributed by atoms with van der Waals surface area (Å²) in [5.74, 6) is -0.150. The van der Waals surface area contributed by atoms with Crippen LogP contribution in [0.25, 0.3) is 10.6 Å². The Morgan fingerprint density at radius 2 is 2.17 bits per heavy atom. The SMILES string of the molecule is CC(C)Oc1ccc(-c2nnc(CN)s2)cc1F. The minimum absolute atomic E-state index is 0.0595. The molecule has 0 aliphatic carbocycles. The van der Waals surface area contributed by atoms with Crippen molar-refractivity contribution < 1.29 is 9.13 Å². The van der Waals surface area contributed by atoms with E-state index >= 15 is 0 Å². The predicted octanol–water partition coefficient (Wildman–Crippen LogP) is 2.59. The van der Waals surface area contributed by atoms with Gasteiger partial charge in [0.2, 0.25) is 0 Å². The van der Waals surface area contributed by atoms with E-state index < -0.39 is 5.82 Å². The van der Waals surface area contributed by atoms with Crippen LogP contribution in [0.3, 0.4) is 0 Å². The molecule has 0 radical (unpaired) electrons. The van der Waals surface area contributed by atoms with E-state index in [0.717, 1.165) is 5.01 Å².